The van der Waals surface area contributed by atoms with Crippen LogP contribution in [0.15, 0.2) is 18.2 Å². The van der Waals surface area contributed by atoms with Crippen LogP contribution in [-0.4, -0.2) is 16.6 Å². The molecule has 0 unspecified atom stereocenters. The van der Waals surface area contributed by atoms with Gasteiger partial charge in [-0.05, 0) is 18.2 Å². The van der Waals surface area contributed by atoms with E-state index in [2.05, 4.69) is 9.97 Å². The summed E-state index contributed by atoms with van der Waals surface area (Å²) in [5, 5.41) is 1.09. The van der Waals surface area contributed by atoms with Gasteiger partial charge in [-0.3, -0.25) is 0 Å². The van der Waals surface area contributed by atoms with E-state index >= 15 is 0 Å². The second-order valence-electron chi connectivity index (χ2n) is 4.28. The Hall–Kier alpha value is -1.36. The van der Waals surface area contributed by atoms with Crippen LogP contribution in [-0.2, 0) is 17.8 Å². The van der Waals surface area contributed by atoms with Gasteiger partial charge < -0.3 is 10.5 Å². The molecule has 0 atom stereocenters. The molecule has 1 aromatic carbocycles. The fourth-order valence-electron chi connectivity index (χ4n) is 2.05. The molecule has 1 aliphatic heterocycles. The summed E-state index contributed by atoms with van der Waals surface area (Å²) in [7, 11) is 0. The molecule has 3 rings (SSSR count). The zero-order valence-electron chi connectivity index (χ0n) is 9.99. The first-order valence-corrected chi connectivity index (χ1v) is 6.59. The predicted molar refractivity (Wildman–Crippen MR) is 75.3 cm³/mol. The summed E-state index contributed by atoms with van der Waals surface area (Å²) in [5.74, 6) is 0.977. The Balaban J connectivity index is 2.13. The monoisotopic (exact) mass is 295 g/mol. The third kappa shape index (κ3) is 2.39. The second-order valence-corrected chi connectivity index (χ2v) is 5.13. The van der Waals surface area contributed by atoms with Gasteiger partial charge in [0, 0.05) is 22.6 Å². The van der Waals surface area contributed by atoms with E-state index in [9.17, 15) is 0 Å². The molecule has 0 radical (unpaired) electrons. The molecule has 0 bridgehead atoms. The maximum Gasteiger partial charge on any atom is 0.163 e. The number of nitrogens with two attached hydrogens (primary N) is 1. The molecule has 2 heterocycles. The Morgan fingerprint density at radius 3 is 2.84 bits per heavy atom. The Morgan fingerprint density at radius 2 is 2.05 bits per heavy atom. The number of hydrogen-bond donors (Lipinski definition) is 1. The molecule has 0 fully saturated rings. The lowest BCUT2D eigenvalue weighted by atomic mass is 10.1. The molecule has 2 N–H and O–H groups in total. The van der Waals surface area contributed by atoms with Crippen LogP contribution in [0.4, 0.5) is 5.82 Å². The lowest BCUT2D eigenvalue weighted by Gasteiger charge is -2.18. The van der Waals surface area contributed by atoms with E-state index in [-0.39, 0.29) is 0 Å². The summed E-state index contributed by atoms with van der Waals surface area (Å²) < 4.78 is 5.36. The van der Waals surface area contributed by atoms with Gasteiger partial charge in [-0.1, -0.05) is 23.2 Å². The number of rotatable bonds is 1. The zero-order chi connectivity index (χ0) is 13.4. The zero-order valence-corrected chi connectivity index (χ0v) is 11.5. The van der Waals surface area contributed by atoms with Gasteiger partial charge in [0.15, 0.2) is 5.82 Å². The first-order chi connectivity index (χ1) is 9.15. The summed E-state index contributed by atoms with van der Waals surface area (Å²) in [5.41, 5.74) is 8.49. The van der Waals surface area contributed by atoms with Crippen molar-refractivity contribution in [2.75, 3.05) is 12.3 Å². The SMILES string of the molecule is Nc1nc(-c2ccc(Cl)cc2Cl)nc2c1COCC2. The summed E-state index contributed by atoms with van der Waals surface area (Å²) in [4.78, 5) is 8.84. The second kappa shape index (κ2) is 4.96. The number of halogens is 2. The van der Waals surface area contributed by atoms with E-state index in [0.29, 0.717) is 34.9 Å². The average molecular weight is 296 g/mol. The van der Waals surface area contributed by atoms with Gasteiger partial charge in [0.25, 0.3) is 0 Å². The van der Waals surface area contributed by atoms with E-state index in [1.54, 1.807) is 18.2 Å². The van der Waals surface area contributed by atoms with Crippen molar-refractivity contribution < 1.29 is 4.74 Å². The highest BCUT2D eigenvalue weighted by atomic mass is 35.5. The van der Waals surface area contributed by atoms with Gasteiger partial charge in [0.05, 0.1) is 23.9 Å². The van der Waals surface area contributed by atoms with E-state index in [1.165, 1.54) is 0 Å². The summed E-state index contributed by atoms with van der Waals surface area (Å²) in [6.45, 7) is 1.12. The molecule has 6 heteroatoms. The van der Waals surface area contributed by atoms with Gasteiger partial charge in [-0.25, -0.2) is 9.97 Å². The normalized spacial score (nSPS) is 14.2. The molecule has 0 saturated carbocycles. The number of aromatic nitrogens is 2. The van der Waals surface area contributed by atoms with Crippen LogP contribution in [0.25, 0.3) is 11.4 Å². The summed E-state index contributed by atoms with van der Waals surface area (Å²) in [6, 6.07) is 5.22. The topological polar surface area (TPSA) is 61.0 Å². The highest BCUT2D eigenvalue weighted by Gasteiger charge is 2.18. The van der Waals surface area contributed by atoms with Gasteiger partial charge >= 0.3 is 0 Å². The molecule has 1 aliphatic rings. The highest BCUT2D eigenvalue weighted by molar-refractivity contribution is 6.36. The number of anilines is 1. The molecule has 1 aromatic heterocycles. The Bertz CT molecular complexity index is 646. The minimum Gasteiger partial charge on any atom is -0.383 e. The maximum absolute atomic E-state index is 6.17. The Morgan fingerprint density at radius 1 is 1.21 bits per heavy atom. The van der Waals surface area contributed by atoms with Crippen molar-refractivity contribution in [3.05, 3.63) is 39.5 Å². The van der Waals surface area contributed by atoms with E-state index in [0.717, 1.165) is 23.2 Å². The van der Waals surface area contributed by atoms with Gasteiger partial charge in [0.1, 0.15) is 5.82 Å². The van der Waals surface area contributed by atoms with Crippen LogP contribution < -0.4 is 5.73 Å². The molecular weight excluding hydrogens is 285 g/mol. The van der Waals surface area contributed by atoms with Gasteiger partial charge in [0.2, 0.25) is 0 Å². The molecule has 0 aliphatic carbocycles. The smallest absolute Gasteiger partial charge is 0.163 e. The first kappa shape index (κ1) is 12.7. The molecular formula is C13H11Cl2N3O. The fourth-order valence-corrected chi connectivity index (χ4v) is 2.54. The van der Waals surface area contributed by atoms with E-state index < -0.39 is 0 Å². The molecule has 0 saturated heterocycles. The number of ether oxygens (including phenoxy) is 1. The van der Waals surface area contributed by atoms with Crippen LogP contribution in [0.1, 0.15) is 11.3 Å². The van der Waals surface area contributed by atoms with Crippen molar-refractivity contribution in [2.45, 2.75) is 13.0 Å². The molecule has 19 heavy (non-hydrogen) atoms. The van der Waals surface area contributed by atoms with Crippen LogP contribution in [0, 0.1) is 0 Å². The van der Waals surface area contributed by atoms with Crippen molar-refractivity contribution in [1.29, 1.82) is 0 Å². The van der Waals surface area contributed by atoms with Crippen molar-refractivity contribution in [3.63, 3.8) is 0 Å². The van der Waals surface area contributed by atoms with Gasteiger partial charge in [-0.15, -0.1) is 0 Å². The molecule has 98 valence electrons. The first-order valence-electron chi connectivity index (χ1n) is 5.83. The third-order valence-electron chi connectivity index (χ3n) is 3.03. The summed E-state index contributed by atoms with van der Waals surface area (Å²) >= 11 is 12.1. The quantitative estimate of drug-likeness (QED) is 0.878. The van der Waals surface area contributed by atoms with E-state index in [4.69, 9.17) is 33.7 Å². The third-order valence-corrected chi connectivity index (χ3v) is 3.57. The minimum absolute atomic E-state index is 0.450. The molecule has 0 spiro atoms. The average Bonchev–Trinajstić information content (AvgIpc) is 2.38. The number of nitrogens with zero attached hydrogens (tertiary/aromatic N) is 2. The van der Waals surface area contributed by atoms with Crippen LogP contribution in [0.5, 0.6) is 0 Å². The van der Waals surface area contributed by atoms with Crippen molar-refractivity contribution in [3.8, 4) is 11.4 Å². The molecule has 4 nitrogen and oxygen atoms in total. The van der Waals surface area contributed by atoms with Crippen molar-refractivity contribution in [2.24, 2.45) is 0 Å². The Kier molecular flexibility index (Phi) is 3.31. The summed E-state index contributed by atoms with van der Waals surface area (Å²) in [6.07, 6.45) is 0.736. The molecule has 0 amide bonds. The fraction of sp³-hybridized carbons (Fsp3) is 0.231. The van der Waals surface area contributed by atoms with Crippen molar-refractivity contribution in [1.82, 2.24) is 9.97 Å². The Labute approximate surface area is 120 Å². The number of benzene rings is 1. The van der Waals surface area contributed by atoms with Gasteiger partial charge in [-0.2, -0.15) is 0 Å². The number of fused-ring (bicyclic) bond motifs is 1. The highest BCUT2D eigenvalue weighted by Crippen LogP contribution is 2.30. The minimum atomic E-state index is 0.450. The van der Waals surface area contributed by atoms with Crippen LogP contribution in [0.2, 0.25) is 10.0 Å². The largest absolute Gasteiger partial charge is 0.383 e. The maximum atomic E-state index is 6.17. The number of nitrogen functional groups attached to an aromatic ring is 1. The number of hydrogen-bond acceptors (Lipinski definition) is 4. The molecule has 2 aromatic rings. The van der Waals surface area contributed by atoms with Crippen molar-refractivity contribution >= 4 is 29.0 Å². The standard InChI is InChI=1S/C13H11Cl2N3O/c14-7-1-2-8(10(15)5-7)13-17-11-3-4-19-6-9(11)12(16)18-13/h1-2,5H,3-4,6H2,(H2,16,17,18). The lowest BCUT2D eigenvalue weighted by Crippen LogP contribution is -2.16. The lowest BCUT2D eigenvalue weighted by molar-refractivity contribution is 0.109. The van der Waals surface area contributed by atoms with E-state index in [1.807, 2.05) is 0 Å². The van der Waals surface area contributed by atoms with Crippen LogP contribution >= 0.6 is 23.2 Å². The van der Waals surface area contributed by atoms with Crippen LogP contribution in [0.3, 0.4) is 0 Å². The predicted octanol–water partition coefficient (Wildman–Crippen LogP) is 3.11.